The Hall–Kier alpha value is -2.63. The van der Waals surface area contributed by atoms with Crippen molar-refractivity contribution in [3.8, 4) is 0 Å². The number of amides is 1. The quantitative estimate of drug-likeness (QED) is 0.724. The summed E-state index contributed by atoms with van der Waals surface area (Å²) in [5.74, 6) is 0.851. The van der Waals surface area contributed by atoms with Crippen LogP contribution in [0.25, 0.3) is 5.65 Å². The predicted molar refractivity (Wildman–Crippen MR) is 88.4 cm³/mol. The fourth-order valence-corrected chi connectivity index (χ4v) is 3.09. The molecule has 0 atom stereocenters. The zero-order valence-corrected chi connectivity index (χ0v) is 13.9. The van der Waals surface area contributed by atoms with Crippen LogP contribution in [0.2, 0.25) is 0 Å². The number of hydrogen-bond donors (Lipinski definition) is 0. The molecule has 6 nitrogen and oxygen atoms in total. The zero-order chi connectivity index (χ0) is 16.7. The van der Waals surface area contributed by atoms with Gasteiger partial charge in [0.05, 0.1) is 30.6 Å². The third kappa shape index (κ3) is 2.68. The third-order valence-electron chi connectivity index (χ3n) is 4.64. The molecule has 0 aromatic carbocycles. The maximum Gasteiger partial charge on any atom is 0.227 e. The highest BCUT2D eigenvalue weighted by molar-refractivity contribution is 5.79. The standard InChI is InChI=1S/C18H20N4O2/c1-12-16(13(2)24-20-12)9-18(23)22(14-6-7-14)11-15-10-19-17-5-3-4-8-21(15)17/h3-5,8,10,14H,6-7,9,11H2,1-2H3. The van der Waals surface area contributed by atoms with E-state index in [9.17, 15) is 4.79 Å². The second kappa shape index (κ2) is 5.78. The predicted octanol–water partition coefficient (Wildman–Crippen LogP) is 2.67. The number of carbonyl (C=O) groups excluding carboxylic acids is 1. The number of aromatic nitrogens is 3. The smallest absolute Gasteiger partial charge is 0.227 e. The van der Waals surface area contributed by atoms with Crippen LogP contribution >= 0.6 is 0 Å². The summed E-state index contributed by atoms with van der Waals surface area (Å²) >= 11 is 0. The van der Waals surface area contributed by atoms with Crippen LogP contribution in [0, 0.1) is 13.8 Å². The lowest BCUT2D eigenvalue weighted by Crippen LogP contribution is -2.34. The van der Waals surface area contributed by atoms with E-state index in [1.165, 1.54) is 0 Å². The fourth-order valence-electron chi connectivity index (χ4n) is 3.09. The fraction of sp³-hybridized carbons (Fsp3) is 0.389. The topological polar surface area (TPSA) is 63.6 Å². The second-order valence-electron chi connectivity index (χ2n) is 6.41. The monoisotopic (exact) mass is 324 g/mol. The van der Waals surface area contributed by atoms with Crippen LogP contribution in [0.3, 0.4) is 0 Å². The first-order chi connectivity index (χ1) is 11.6. The molecule has 1 aliphatic carbocycles. The molecule has 3 aromatic heterocycles. The summed E-state index contributed by atoms with van der Waals surface area (Å²) < 4.78 is 7.22. The average molecular weight is 324 g/mol. The molecule has 0 N–H and O–H groups in total. The van der Waals surface area contributed by atoms with Crippen molar-refractivity contribution >= 4 is 11.6 Å². The Labute approximate surface area is 140 Å². The van der Waals surface area contributed by atoms with Crippen LogP contribution in [0.15, 0.2) is 35.1 Å². The van der Waals surface area contributed by atoms with Gasteiger partial charge in [0.1, 0.15) is 11.4 Å². The van der Waals surface area contributed by atoms with E-state index in [1.807, 2.05) is 53.7 Å². The summed E-state index contributed by atoms with van der Waals surface area (Å²) in [7, 11) is 0. The lowest BCUT2D eigenvalue weighted by atomic mass is 10.1. The summed E-state index contributed by atoms with van der Waals surface area (Å²) in [5.41, 5.74) is 3.64. The largest absolute Gasteiger partial charge is 0.361 e. The number of imidazole rings is 1. The number of pyridine rings is 1. The number of hydrogen-bond acceptors (Lipinski definition) is 4. The molecule has 3 aromatic rings. The summed E-state index contributed by atoms with van der Waals surface area (Å²) in [6, 6.07) is 6.25. The van der Waals surface area contributed by atoms with Gasteiger partial charge >= 0.3 is 0 Å². The van der Waals surface area contributed by atoms with E-state index in [0.29, 0.717) is 19.0 Å². The molecule has 0 aliphatic heterocycles. The molecule has 1 fully saturated rings. The van der Waals surface area contributed by atoms with Gasteiger partial charge in [0.25, 0.3) is 0 Å². The molecule has 124 valence electrons. The van der Waals surface area contributed by atoms with Crippen LogP contribution in [0.4, 0.5) is 0 Å². The molecule has 1 saturated carbocycles. The van der Waals surface area contributed by atoms with E-state index < -0.39 is 0 Å². The van der Waals surface area contributed by atoms with Gasteiger partial charge in [-0.1, -0.05) is 11.2 Å². The molecule has 0 saturated heterocycles. The number of carbonyl (C=O) groups is 1. The van der Waals surface area contributed by atoms with Gasteiger partial charge < -0.3 is 13.8 Å². The molecule has 0 bridgehead atoms. The average Bonchev–Trinajstić information content (AvgIpc) is 3.28. The maximum atomic E-state index is 12.9. The van der Waals surface area contributed by atoms with E-state index >= 15 is 0 Å². The number of aryl methyl sites for hydroxylation is 2. The van der Waals surface area contributed by atoms with Crippen LogP contribution in [-0.4, -0.2) is 31.4 Å². The maximum absolute atomic E-state index is 12.9. The van der Waals surface area contributed by atoms with Gasteiger partial charge in [0, 0.05) is 17.8 Å². The lowest BCUT2D eigenvalue weighted by molar-refractivity contribution is -0.131. The first-order valence-electron chi connectivity index (χ1n) is 8.25. The minimum Gasteiger partial charge on any atom is -0.361 e. The van der Waals surface area contributed by atoms with Crippen molar-refractivity contribution in [1.29, 1.82) is 0 Å². The molecule has 3 heterocycles. The van der Waals surface area contributed by atoms with Gasteiger partial charge in [-0.3, -0.25) is 4.79 Å². The molecule has 1 amide bonds. The van der Waals surface area contributed by atoms with Crippen molar-refractivity contribution < 1.29 is 9.32 Å². The van der Waals surface area contributed by atoms with Crippen LogP contribution in [0.1, 0.15) is 35.6 Å². The molecular formula is C18H20N4O2. The van der Waals surface area contributed by atoms with Gasteiger partial charge in [-0.2, -0.15) is 0 Å². The number of nitrogens with zero attached hydrogens (tertiary/aromatic N) is 4. The lowest BCUT2D eigenvalue weighted by Gasteiger charge is -2.22. The van der Waals surface area contributed by atoms with E-state index in [1.54, 1.807) is 0 Å². The van der Waals surface area contributed by atoms with Gasteiger partial charge in [-0.15, -0.1) is 0 Å². The van der Waals surface area contributed by atoms with Crippen molar-refractivity contribution in [2.75, 3.05) is 0 Å². The Kier molecular flexibility index (Phi) is 3.59. The van der Waals surface area contributed by atoms with Gasteiger partial charge in [-0.05, 0) is 38.8 Å². The molecule has 4 rings (SSSR count). The normalized spacial score (nSPS) is 14.2. The molecule has 0 spiro atoms. The highest BCUT2D eigenvalue weighted by Crippen LogP contribution is 2.29. The minimum atomic E-state index is 0.123. The van der Waals surface area contributed by atoms with Gasteiger partial charge in [0.15, 0.2) is 0 Å². The van der Waals surface area contributed by atoms with Crippen molar-refractivity contribution in [2.45, 2.75) is 45.7 Å². The second-order valence-corrected chi connectivity index (χ2v) is 6.41. The van der Waals surface area contributed by atoms with Crippen molar-refractivity contribution in [3.05, 3.63) is 53.3 Å². The first kappa shape index (κ1) is 14.9. The Morgan fingerprint density at radius 1 is 1.38 bits per heavy atom. The minimum absolute atomic E-state index is 0.123. The molecule has 6 heteroatoms. The Morgan fingerprint density at radius 2 is 2.21 bits per heavy atom. The molecule has 24 heavy (non-hydrogen) atoms. The van der Waals surface area contributed by atoms with Crippen molar-refractivity contribution in [1.82, 2.24) is 19.4 Å². The summed E-state index contributed by atoms with van der Waals surface area (Å²) in [6.45, 7) is 4.32. The Morgan fingerprint density at radius 3 is 2.92 bits per heavy atom. The zero-order valence-electron chi connectivity index (χ0n) is 13.9. The molecule has 0 radical (unpaired) electrons. The first-order valence-corrected chi connectivity index (χ1v) is 8.25. The highest BCUT2D eigenvalue weighted by Gasteiger charge is 2.33. The summed E-state index contributed by atoms with van der Waals surface area (Å²) in [4.78, 5) is 19.3. The van der Waals surface area contributed by atoms with Gasteiger partial charge in [-0.25, -0.2) is 4.98 Å². The SMILES string of the molecule is Cc1noc(C)c1CC(=O)N(Cc1cnc2ccccn12)C1CC1. The van der Waals surface area contributed by atoms with E-state index in [4.69, 9.17) is 4.52 Å². The summed E-state index contributed by atoms with van der Waals surface area (Å²) in [6.07, 6.45) is 6.33. The van der Waals surface area contributed by atoms with Crippen LogP contribution < -0.4 is 0 Å². The summed E-state index contributed by atoms with van der Waals surface area (Å²) in [5, 5.41) is 3.95. The third-order valence-corrected chi connectivity index (χ3v) is 4.64. The molecule has 1 aliphatic rings. The van der Waals surface area contributed by atoms with Gasteiger partial charge in [0.2, 0.25) is 5.91 Å². The van der Waals surface area contributed by atoms with Crippen molar-refractivity contribution in [2.24, 2.45) is 0 Å². The van der Waals surface area contributed by atoms with E-state index in [2.05, 4.69) is 10.1 Å². The molecule has 0 unspecified atom stereocenters. The number of fused-ring (bicyclic) bond motifs is 1. The van der Waals surface area contributed by atoms with E-state index in [-0.39, 0.29) is 5.91 Å². The Bertz CT molecular complexity index is 872. The number of rotatable bonds is 5. The highest BCUT2D eigenvalue weighted by atomic mass is 16.5. The van der Waals surface area contributed by atoms with Crippen LogP contribution in [0.5, 0.6) is 0 Å². The Balaban J connectivity index is 1.57. The van der Waals surface area contributed by atoms with E-state index in [0.717, 1.165) is 41.2 Å². The molecular weight excluding hydrogens is 304 g/mol. The van der Waals surface area contributed by atoms with Crippen molar-refractivity contribution in [3.63, 3.8) is 0 Å². The van der Waals surface area contributed by atoms with Crippen LogP contribution in [-0.2, 0) is 17.8 Å².